The van der Waals surface area contributed by atoms with Gasteiger partial charge in [0.2, 0.25) is 0 Å². The van der Waals surface area contributed by atoms with E-state index < -0.39 is 29.7 Å². The lowest BCUT2D eigenvalue weighted by Crippen LogP contribution is -2.31. The molecule has 0 aromatic heterocycles. The van der Waals surface area contributed by atoms with Crippen molar-refractivity contribution in [1.29, 1.82) is 0 Å². The van der Waals surface area contributed by atoms with E-state index in [2.05, 4.69) is 11.7 Å². The summed E-state index contributed by atoms with van der Waals surface area (Å²) in [4.78, 5) is 0. The van der Waals surface area contributed by atoms with E-state index >= 15 is 8.78 Å². The maximum absolute atomic E-state index is 15.4. The fourth-order valence-electron chi connectivity index (χ4n) is 6.12. The number of halogens is 5. The number of unbranched alkanes of at least 4 members (excludes halogenated alkanes) is 2. The minimum absolute atomic E-state index is 0.0232. The summed E-state index contributed by atoms with van der Waals surface area (Å²) in [6, 6.07) is 5.66. The highest BCUT2D eigenvalue weighted by atomic mass is 19.4. The second kappa shape index (κ2) is 9.56. The summed E-state index contributed by atoms with van der Waals surface area (Å²) >= 11 is 0. The molecule has 0 radical (unpaired) electrons. The molecular weight excluding hydrogens is 423 g/mol. The predicted octanol–water partition coefficient (Wildman–Crippen LogP) is 8.90. The van der Waals surface area contributed by atoms with Gasteiger partial charge in [0.25, 0.3) is 0 Å². The van der Waals surface area contributed by atoms with Crippen LogP contribution in [0.1, 0.15) is 82.6 Å². The number of rotatable bonds is 6. The van der Waals surface area contributed by atoms with Gasteiger partial charge < -0.3 is 4.74 Å². The van der Waals surface area contributed by atoms with Crippen LogP contribution in [-0.2, 0) is 0 Å². The molecule has 2 aromatic rings. The van der Waals surface area contributed by atoms with Crippen molar-refractivity contribution in [3.8, 4) is 5.75 Å². The summed E-state index contributed by atoms with van der Waals surface area (Å²) in [6.45, 7) is 2.20. The Morgan fingerprint density at radius 1 is 0.875 bits per heavy atom. The van der Waals surface area contributed by atoms with Crippen molar-refractivity contribution in [2.45, 2.75) is 83.4 Å². The van der Waals surface area contributed by atoms with E-state index in [9.17, 15) is 13.2 Å². The molecule has 4 atom stereocenters. The molecule has 0 spiro atoms. The van der Waals surface area contributed by atoms with E-state index in [4.69, 9.17) is 0 Å². The van der Waals surface area contributed by atoms with Crippen LogP contribution in [-0.4, -0.2) is 6.36 Å². The molecule has 0 bridgehead atoms. The van der Waals surface area contributed by atoms with Crippen LogP contribution in [0.4, 0.5) is 22.0 Å². The Bertz CT molecular complexity index is 938. The van der Waals surface area contributed by atoms with Gasteiger partial charge in [0.05, 0.1) is 0 Å². The van der Waals surface area contributed by atoms with Gasteiger partial charge in [0, 0.05) is 16.3 Å². The molecule has 4 unspecified atom stereocenters. The van der Waals surface area contributed by atoms with Crippen molar-refractivity contribution in [2.75, 3.05) is 0 Å². The molecule has 4 rings (SSSR count). The number of benzene rings is 2. The van der Waals surface area contributed by atoms with Crippen molar-refractivity contribution in [1.82, 2.24) is 0 Å². The first-order valence-electron chi connectivity index (χ1n) is 11.9. The highest BCUT2D eigenvalue weighted by molar-refractivity contribution is 5.90. The molecule has 0 amide bonds. The zero-order chi connectivity index (χ0) is 22.9. The first-order valence-corrected chi connectivity index (χ1v) is 11.9. The van der Waals surface area contributed by atoms with Crippen LogP contribution in [0.3, 0.4) is 0 Å². The van der Waals surface area contributed by atoms with Gasteiger partial charge >= 0.3 is 6.36 Å². The molecule has 2 aliphatic carbocycles. The maximum Gasteiger partial charge on any atom is 0.573 e. The van der Waals surface area contributed by atoms with Crippen molar-refractivity contribution >= 4 is 10.8 Å². The summed E-state index contributed by atoms with van der Waals surface area (Å²) in [5, 5.41) is -0.213. The van der Waals surface area contributed by atoms with Gasteiger partial charge in [-0.05, 0) is 55.8 Å². The van der Waals surface area contributed by atoms with Gasteiger partial charge in [-0.2, -0.15) is 0 Å². The van der Waals surface area contributed by atoms with E-state index in [1.165, 1.54) is 50.3 Å². The Labute approximate surface area is 186 Å². The van der Waals surface area contributed by atoms with Crippen LogP contribution in [0.25, 0.3) is 10.8 Å². The van der Waals surface area contributed by atoms with Crippen LogP contribution in [0.5, 0.6) is 5.75 Å². The van der Waals surface area contributed by atoms with E-state index in [0.29, 0.717) is 24.7 Å². The Morgan fingerprint density at radius 2 is 1.56 bits per heavy atom. The van der Waals surface area contributed by atoms with Gasteiger partial charge in [-0.1, -0.05) is 63.3 Å². The van der Waals surface area contributed by atoms with E-state index in [0.717, 1.165) is 25.2 Å². The molecule has 0 N–H and O–H groups in total. The molecular formula is C26H31F5O. The zero-order valence-corrected chi connectivity index (χ0v) is 18.5. The second-order valence-corrected chi connectivity index (χ2v) is 9.67. The molecule has 2 saturated carbocycles. The topological polar surface area (TPSA) is 9.23 Å². The molecule has 2 fully saturated rings. The fraction of sp³-hybridized carbons (Fsp3) is 0.615. The van der Waals surface area contributed by atoms with Crippen LogP contribution in [0.2, 0.25) is 0 Å². The highest BCUT2D eigenvalue weighted by Gasteiger charge is 2.40. The summed E-state index contributed by atoms with van der Waals surface area (Å²) in [5.41, 5.74) is -0.230. The molecule has 2 aliphatic rings. The van der Waals surface area contributed by atoms with Crippen LogP contribution < -0.4 is 4.74 Å². The van der Waals surface area contributed by atoms with Gasteiger partial charge in [0.1, 0.15) is 5.82 Å². The van der Waals surface area contributed by atoms with Crippen molar-refractivity contribution in [3.63, 3.8) is 0 Å². The Hall–Kier alpha value is -1.85. The first-order chi connectivity index (χ1) is 15.3. The molecule has 0 heterocycles. The number of hydrogen-bond donors (Lipinski definition) is 0. The third kappa shape index (κ3) is 4.89. The molecule has 6 heteroatoms. The summed E-state index contributed by atoms with van der Waals surface area (Å²) in [7, 11) is 0. The quantitative estimate of drug-likeness (QED) is 0.313. The SMILES string of the molecule is CCCCCC1CCC2CC(c3c(F)c(OC(F)(F)F)c4ccccc4c3F)CCC2C1. The summed E-state index contributed by atoms with van der Waals surface area (Å²) < 4.78 is 73.9. The minimum atomic E-state index is -5.05. The zero-order valence-electron chi connectivity index (χ0n) is 18.5. The number of hydrogen-bond acceptors (Lipinski definition) is 1. The average molecular weight is 455 g/mol. The standard InChI is InChI=1S/C26H31F5O/c1-2-3-4-7-16-10-11-18-15-19(13-12-17(18)14-16)22-23(27)20-8-5-6-9-21(20)25(24(22)28)32-26(29,30)31/h5-6,8-9,16-19H,2-4,7,10-15H2,1H3. The van der Waals surface area contributed by atoms with Gasteiger partial charge in [-0.25, -0.2) is 8.78 Å². The summed E-state index contributed by atoms with van der Waals surface area (Å²) in [6.07, 6.45) is 5.40. The smallest absolute Gasteiger partial charge is 0.402 e. The fourth-order valence-corrected chi connectivity index (χ4v) is 6.12. The van der Waals surface area contributed by atoms with E-state index in [1.54, 1.807) is 6.07 Å². The Balaban J connectivity index is 1.58. The minimum Gasteiger partial charge on any atom is -0.402 e. The van der Waals surface area contributed by atoms with Crippen LogP contribution in [0.15, 0.2) is 24.3 Å². The lowest BCUT2D eigenvalue weighted by Gasteiger charge is -2.42. The third-order valence-electron chi connectivity index (χ3n) is 7.64. The molecule has 2 aromatic carbocycles. The van der Waals surface area contributed by atoms with Crippen molar-refractivity contribution < 1.29 is 26.7 Å². The number of alkyl halides is 3. The molecule has 32 heavy (non-hydrogen) atoms. The van der Waals surface area contributed by atoms with Crippen LogP contribution in [0, 0.1) is 29.4 Å². The molecule has 1 nitrogen and oxygen atoms in total. The largest absolute Gasteiger partial charge is 0.573 e. The summed E-state index contributed by atoms with van der Waals surface area (Å²) in [5.74, 6) is -1.60. The second-order valence-electron chi connectivity index (χ2n) is 9.67. The molecule has 176 valence electrons. The maximum atomic E-state index is 15.4. The monoisotopic (exact) mass is 454 g/mol. The average Bonchev–Trinajstić information content (AvgIpc) is 2.76. The van der Waals surface area contributed by atoms with Crippen molar-refractivity contribution in [2.24, 2.45) is 17.8 Å². The normalized spacial score (nSPS) is 26.2. The molecule has 0 saturated heterocycles. The van der Waals surface area contributed by atoms with Crippen LogP contribution >= 0.6 is 0 Å². The lowest BCUT2D eigenvalue weighted by atomic mass is 9.63. The number of ether oxygens (including phenoxy) is 1. The highest BCUT2D eigenvalue weighted by Crippen LogP contribution is 2.51. The van der Waals surface area contributed by atoms with Crippen molar-refractivity contribution in [3.05, 3.63) is 41.5 Å². The third-order valence-corrected chi connectivity index (χ3v) is 7.64. The first kappa shape index (κ1) is 23.3. The van der Waals surface area contributed by atoms with E-state index in [-0.39, 0.29) is 16.3 Å². The van der Waals surface area contributed by atoms with Gasteiger partial charge in [0.15, 0.2) is 11.6 Å². The number of fused-ring (bicyclic) bond motifs is 2. The molecule has 0 aliphatic heterocycles. The lowest BCUT2D eigenvalue weighted by molar-refractivity contribution is -0.275. The Morgan fingerprint density at radius 3 is 2.28 bits per heavy atom. The predicted molar refractivity (Wildman–Crippen MR) is 116 cm³/mol. The van der Waals surface area contributed by atoms with Gasteiger partial charge in [-0.15, -0.1) is 13.2 Å². The van der Waals surface area contributed by atoms with Gasteiger partial charge in [-0.3, -0.25) is 0 Å². The Kier molecular flexibility index (Phi) is 6.97. The van der Waals surface area contributed by atoms with E-state index in [1.807, 2.05) is 0 Å².